The van der Waals surface area contributed by atoms with Crippen LogP contribution in [0, 0.1) is 5.92 Å². The summed E-state index contributed by atoms with van der Waals surface area (Å²) in [6.45, 7) is 10.8. The van der Waals surface area contributed by atoms with E-state index in [0.717, 1.165) is 12.0 Å². The van der Waals surface area contributed by atoms with Crippen molar-refractivity contribution in [1.29, 1.82) is 0 Å². The van der Waals surface area contributed by atoms with E-state index >= 15 is 0 Å². The minimum absolute atomic E-state index is 0.547. The van der Waals surface area contributed by atoms with Crippen LogP contribution in [0.4, 0.5) is 0 Å². The Labute approximate surface area is 96.0 Å². The van der Waals surface area contributed by atoms with Gasteiger partial charge >= 0.3 is 0 Å². The van der Waals surface area contributed by atoms with Crippen molar-refractivity contribution in [2.45, 2.75) is 64.3 Å². The molecule has 88 valence electrons. The van der Waals surface area contributed by atoms with Crippen LogP contribution in [0.15, 0.2) is 12.7 Å². The molecule has 0 aromatic rings. The van der Waals surface area contributed by atoms with E-state index in [4.69, 9.17) is 4.43 Å². The second-order valence-electron chi connectivity index (χ2n) is 5.36. The Hall–Kier alpha value is -0.0831. The number of hydrogen-bond acceptors (Lipinski definition) is 1. The van der Waals surface area contributed by atoms with Crippen LogP contribution in [0.3, 0.4) is 0 Å². The molecule has 1 aliphatic rings. The molecular weight excluding hydrogens is 200 g/mol. The topological polar surface area (TPSA) is 9.23 Å². The minimum atomic E-state index is -1.47. The highest BCUT2D eigenvalue weighted by molar-refractivity contribution is 6.71. The van der Waals surface area contributed by atoms with E-state index < -0.39 is 8.32 Å². The highest BCUT2D eigenvalue weighted by Gasteiger charge is 2.31. The zero-order valence-electron chi connectivity index (χ0n) is 10.6. The third kappa shape index (κ3) is 4.11. The van der Waals surface area contributed by atoms with Gasteiger partial charge in [0.25, 0.3) is 0 Å². The molecular formula is C13H26OSi. The molecule has 2 atom stereocenters. The minimum Gasteiger partial charge on any atom is -0.414 e. The fourth-order valence-corrected chi connectivity index (χ4v) is 4.52. The summed E-state index contributed by atoms with van der Waals surface area (Å²) >= 11 is 0. The van der Waals surface area contributed by atoms with Crippen molar-refractivity contribution in [3.8, 4) is 0 Å². The Bertz CT molecular complexity index is 201. The first-order valence-electron chi connectivity index (χ1n) is 6.38. The average Bonchev–Trinajstić information content (AvgIpc) is 2.17. The van der Waals surface area contributed by atoms with Gasteiger partial charge in [-0.15, -0.1) is 6.58 Å². The van der Waals surface area contributed by atoms with Crippen LogP contribution in [-0.4, -0.2) is 14.4 Å². The van der Waals surface area contributed by atoms with Crippen LogP contribution >= 0.6 is 0 Å². The molecule has 0 heterocycles. The molecule has 1 aliphatic carbocycles. The maximum Gasteiger partial charge on any atom is 0.190 e. The Morgan fingerprint density at radius 2 is 2.00 bits per heavy atom. The smallest absolute Gasteiger partial charge is 0.190 e. The lowest BCUT2D eigenvalue weighted by molar-refractivity contribution is 0.0830. The Balaban J connectivity index is 2.50. The van der Waals surface area contributed by atoms with E-state index in [1.165, 1.54) is 32.1 Å². The Morgan fingerprint density at radius 1 is 1.33 bits per heavy atom. The van der Waals surface area contributed by atoms with Gasteiger partial charge in [-0.2, -0.15) is 0 Å². The molecule has 2 heteroatoms. The summed E-state index contributed by atoms with van der Waals surface area (Å²) in [5.41, 5.74) is 0. The molecule has 15 heavy (non-hydrogen) atoms. The largest absolute Gasteiger partial charge is 0.414 e. The molecule has 1 rings (SSSR count). The van der Waals surface area contributed by atoms with Gasteiger partial charge in [-0.05, 0) is 37.9 Å². The van der Waals surface area contributed by atoms with Crippen molar-refractivity contribution in [2.24, 2.45) is 5.92 Å². The highest BCUT2D eigenvalue weighted by atomic mass is 28.4. The molecule has 1 fully saturated rings. The summed E-state index contributed by atoms with van der Waals surface area (Å²) in [6.07, 6.45) is 9.28. The first kappa shape index (κ1) is 13.0. The fourth-order valence-electron chi connectivity index (χ4n) is 2.60. The predicted molar refractivity (Wildman–Crippen MR) is 69.6 cm³/mol. The highest BCUT2D eigenvalue weighted by Crippen LogP contribution is 2.31. The van der Waals surface area contributed by atoms with Crippen LogP contribution in [-0.2, 0) is 4.43 Å². The second kappa shape index (κ2) is 5.85. The van der Waals surface area contributed by atoms with Crippen molar-refractivity contribution in [2.75, 3.05) is 0 Å². The average molecular weight is 226 g/mol. The number of allylic oxidation sites excluding steroid dienone is 1. The number of rotatable bonds is 5. The molecule has 2 unspecified atom stereocenters. The number of hydrogen-bond donors (Lipinski definition) is 0. The lowest BCUT2D eigenvalue weighted by Crippen LogP contribution is -2.39. The molecule has 0 N–H and O–H groups in total. The normalized spacial score (nSPS) is 27.7. The maximum atomic E-state index is 6.39. The lowest BCUT2D eigenvalue weighted by Gasteiger charge is -2.36. The van der Waals surface area contributed by atoms with Crippen molar-refractivity contribution in [3.63, 3.8) is 0 Å². The van der Waals surface area contributed by atoms with Gasteiger partial charge in [0, 0.05) is 6.10 Å². The fraction of sp³-hybridized carbons (Fsp3) is 0.846. The summed E-state index contributed by atoms with van der Waals surface area (Å²) in [4.78, 5) is 0. The summed E-state index contributed by atoms with van der Waals surface area (Å²) in [6, 6.07) is 1.08. The molecule has 0 radical (unpaired) electrons. The van der Waals surface area contributed by atoms with Crippen molar-refractivity contribution in [1.82, 2.24) is 0 Å². The van der Waals surface area contributed by atoms with Crippen LogP contribution in [0.25, 0.3) is 0 Å². The molecule has 0 spiro atoms. The van der Waals surface area contributed by atoms with Gasteiger partial charge in [0.2, 0.25) is 0 Å². The molecule has 0 amide bonds. The van der Waals surface area contributed by atoms with Gasteiger partial charge in [0.05, 0.1) is 0 Å². The Morgan fingerprint density at radius 3 is 2.60 bits per heavy atom. The monoisotopic (exact) mass is 226 g/mol. The van der Waals surface area contributed by atoms with Gasteiger partial charge in [-0.25, -0.2) is 0 Å². The molecule has 1 saturated carbocycles. The molecule has 0 aliphatic heterocycles. The van der Waals surface area contributed by atoms with E-state index in [1.54, 1.807) is 0 Å². The van der Waals surface area contributed by atoms with Crippen LogP contribution in [0.2, 0.25) is 19.1 Å². The van der Waals surface area contributed by atoms with E-state index in [-0.39, 0.29) is 0 Å². The maximum absolute atomic E-state index is 6.39. The van der Waals surface area contributed by atoms with Crippen molar-refractivity contribution in [3.05, 3.63) is 12.7 Å². The van der Waals surface area contributed by atoms with Gasteiger partial charge in [0.1, 0.15) is 0 Å². The van der Waals surface area contributed by atoms with Gasteiger partial charge in [-0.1, -0.05) is 32.3 Å². The van der Waals surface area contributed by atoms with E-state index in [0.29, 0.717) is 6.10 Å². The van der Waals surface area contributed by atoms with Gasteiger partial charge in [0.15, 0.2) is 8.32 Å². The SMILES string of the molecule is C=CC[Si](C)(C)OC1CCCCC1CC. The standard InChI is InChI=1S/C13H26OSi/c1-5-11-15(3,4)14-13-10-8-7-9-12(13)6-2/h5,12-13H,1,6-11H2,2-4H3. The predicted octanol–water partition coefficient (Wildman–Crippen LogP) is 4.36. The molecule has 0 saturated heterocycles. The summed E-state index contributed by atoms with van der Waals surface area (Å²) in [5, 5.41) is 0. The third-order valence-electron chi connectivity index (χ3n) is 3.47. The van der Waals surface area contributed by atoms with Crippen molar-refractivity contribution < 1.29 is 4.43 Å². The van der Waals surface area contributed by atoms with E-state index in [2.05, 4.69) is 26.6 Å². The Kier molecular flexibility index (Phi) is 5.07. The summed E-state index contributed by atoms with van der Waals surface area (Å²) < 4.78 is 6.39. The zero-order valence-corrected chi connectivity index (χ0v) is 11.6. The first-order valence-corrected chi connectivity index (χ1v) is 9.49. The molecule has 0 bridgehead atoms. The lowest BCUT2D eigenvalue weighted by atomic mass is 9.85. The van der Waals surface area contributed by atoms with Gasteiger partial charge in [-0.3, -0.25) is 0 Å². The quantitative estimate of drug-likeness (QED) is 0.500. The molecule has 1 nitrogen and oxygen atoms in total. The molecule has 0 aromatic carbocycles. The van der Waals surface area contributed by atoms with Crippen LogP contribution in [0.5, 0.6) is 0 Å². The van der Waals surface area contributed by atoms with Crippen molar-refractivity contribution >= 4 is 8.32 Å². The molecule has 0 aromatic heterocycles. The third-order valence-corrected chi connectivity index (χ3v) is 5.68. The van der Waals surface area contributed by atoms with E-state index in [9.17, 15) is 0 Å². The second-order valence-corrected chi connectivity index (χ2v) is 9.52. The van der Waals surface area contributed by atoms with Gasteiger partial charge < -0.3 is 4.43 Å². The zero-order chi connectivity index (χ0) is 11.3. The van der Waals surface area contributed by atoms with Crippen LogP contribution in [0.1, 0.15) is 39.0 Å². The van der Waals surface area contributed by atoms with Crippen LogP contribution < -0.4 is 0 Å². The van der Waals surface area contributed by atoms with E-state index in [1.807, 2.05) is 6.08 Å². The summed E-state index contributed by atoms with van der Waals surface area (Å²) in [7, 11) is -1.47. The summed E-state index contributed by atoms with van der Waals surface area (Å²) in [5.74, 6) is 0.815. The first-order chi connectivity index (χ1) is 7.09.